The van der Waals surface area contributed by atoms with Crippen LogP contribution in [0.4, 0.5) is 5.95 Å². The van der Waals surface area contributed by atoms with Crippen molar-refractivity contribution >= 4 is 23.0 Å². The summed E-state index contributed by atoms with van der Waals surface area (Å²) >= 11 is 0. The van der Waals surface area contributed by atoms with Gasteiger partial charge in [0.1, 0.15) is 11.2 Å². The molecule has 2 aromatic rings. The Kier molecular flexibility index (Phi) is 2.35. The predicted octanol–water partition coefficient (Wildman–Crippen LogP) is 0.0101. The Labute approximate surface area is 89.6 Å². The normalized spacial score (nSPS) is 10.6. The second-order valence-electron chi connectivity index (χ2n) is 3.11. The van der Waals surface area contributed by atoms with Gasteiger partial charge in [-0.05, 0) is 13.0 Å². The van der Waals surface area contributed by atoms with E-state index in [9.17, 15) is 9.59 Å². The van der Waals surface area contributed by atoms with Gasteiger partial charge in [0.2, 0.25) is 5.95 Å². The lowest BCUT2D eigenvalue weighted by molar-refractivity contribution is 0.0520. The van der Waals surface area contributed by atoms with Gasteiger partial charge in [-0.25, -0.2) is 9.78 Å². The van der Waals surface area contributed by atoms with Gasteiger partial charge in [0.05, 0.1) is 12.1 Å². The Morgan fingerprint density at radius 2 is 2.31 bits per heavy atom. The molecule has 16 heavy (non-hydrogen) atoms. The summed E-state index contributed by atoms with van der Waals surface area (Å²) in [5.41, 5.74) is 5.68. The molecule has 2 heterocycles. The number of nitrogens with zero attached hydrogens (tertiary/aromatic N) is 1. The van der Waals surface area contributed by atoms with E-state index in [4.69, 9.17) is 10.5 Å². The molecule has 0 saturated heterocycles. The molecule has 0 aliphatic carbocycles. The molecule has 84 valence electrons. The number of aromatic amines is 2. The number of esters is 1. The van der Waals surface area contributed by atoms with Crippen molar-refractivity contribution in [3.05, 3.63) is 22.1 Å². The van der Waals surface area contributed by atoms with E-state index in [0.29, 0.717) is 5.52 Å². The van der Waals surface area contributed by atoms with Crippen LogP contribution < -0.4 is 11.3 Å². The third-order valence-corrected chi connectivity index (χ3v) is 2.00. The molecular formula is C9H10N4O3. The number of hydrogen-bond donors (Lipinski definition) is 3. The van der Waals surface area contributed by atoms with E-state index in [1.54, 1.807) is 6.92 Å². The van der Waals surface area contributed by atoms with Crippen molar-refractivity contribution in [1.29, 1.82) is 0 Å². The summed E-state index contributed by atoms with van der Waals surface area (Å²) < 4.78 is 4.79. The van der Waals surface area contributed by atoms with Crippen molar-refractivity contribution in [2.24, 2.45) is 0 Å². The van der Waals surface area contributed by atoms with Crippen molar-refractivity contribution < 1.29 is 9.53 Å². The molecule has 2 rings (SSSR count). The van der Waals surface area contributed by atoms with Gasteiger partial charge in [0.15, 0.2) is 0 Å². The van der Waals surface area contributed by atoms with E-state index in [1.165, 1.54) is 6.07 Å². The highest BCUT2D eigenvalue weighted by atomic mass is 16.5. The summed E-state index contributed by atoms with van der Waals surface area (Å²) in [7, 11) is 0. The lowest BCUT2D eigenvalue weighted by Gasteiger charge is -1.96. The highest BCUT2D eigenvalue weighted by Gasteiger charge is 2.13. The zero-order chi connectivity index (χ0) is 11.7. The second-order valence-corrected chi connectivity index (χ2v) is 3.11. The van der Waals surface area contributed by atoms with Crippen LogP contribution in [0.3, 0.4) is 0 Å². The molecule has 0 unspecified atom stereocenters. The average Bonchev–Trinajstić information content (AvgIpc) is 2.62. The minimum absolute atomic E-state index is 0.00640. The summed E-state index contributed by atoms with van der Waals surface area (Å²) in [5.74, 6) is -0.523. The maximum atomic E-state index is 11.4. The zero-order valence-corrected chi connectivity index (χ0v) is 8.53. The maximum Gasteiger partial charge on any atom is 0.354 e. The number of carbonyl (C=O) groups is 1. The van der Waals surface area contributed by atoms with Gasteiger partial charge in [0.25, 0.3) is 5.56 Å². The minimum Gasteiger partial charge on any atom is -0.461 e. The van der Waals surface area contributed by atoms with Gasteiger partial charge in [0, 0.05) is 0 Å². The van der Waals surface area contributed by atoms with E-state index in [-0.39, 0.29) is 23.8 Å². The number of nitrogen functional groups attached to an aromatic ring is 1. The first-order valence-corrected chi connectivity index (χ1v) is 4.67. The molecule has 0 radical (unpaired) electrons. The highest BCUT2D eigenvalue weighted by molar-refractivity contribution is 5.93. The topological polar surface area (TPSA) is 114 Å². The molecule has 7 nitrogen and oxygen atoms in total. The third kappa shape index (κ3) is 1.62. The number of fused-ring (bicyclic) bond motifs is 1. The molecule has 0 fully saturated rings. The van der Waals surface area contributed by atoms with Crippen molar-refractivity contribution in [2.75, 3.05) is 12.3 Å². The molecule has 0 spiro atoms. The van der Waals surface area contributed by atoms with Gasteiger partial charge in [-0.2, -0.15) is 0 Å². The first-order chi connectivity index (χ1) is 7.61. The number of nitrogens with one attached hydrogen (secondary N) is 2. The fraction of sp³-hybridized carbons (Fsp3) is 0.222. The number of carbonyl (C=O) groups excluding carboxylic acids is 1. The standard InChI is InChI=1S/C9H10N4O3/c1-2-16-8(15)5-3-4-6(11-5)7(14)13-9(10)12-4/h3,11H,2H2,1H3,(H3,10,12,13,14). The van der Waals surface area contributed by atoms with Crippen LogP contribution >= 0.6 is 0 Å². The summed E-state index contributed by atoms with van der Waals surface area (Å²) in [4.78, 5) is 31.7. The Bertz CT molecular complexity index is 598. The van der Waals surface area contributed by atoms with Crippen LogP contribution in [0.15, 0.2) is 10.9 Å². The van der Waals surface area contributed by atoms with Crippen molar-refractivity contribution in [2.45, 2.75) is 6.92 Å². The molecule has 0 bridgehead atoms. The first kappa shape index (κ1) is 10.2. The number of H-pyrrole nitrogens is 2. The number of anilines is 1. The van der Waals surface area contributed by atoms with E-state index in [1.807, 2.05) is 0 Å². The lowest BCUT2D eigenvalue weighted by Crippen LogP contribution is -2.11. The van der Waals surface area contributed by atoms with Crippen LogP contribution in [0.2, 0.25) is 0 Å². The minimum atomic E-state index is -0.529. The fourth-order valence-electron chi connectivity index (χ4n) is 1.36. The van der Waals surface area contributed by atoms with Gasteiger partial charge >= 0.3 is 5.97 Å². The molecule has 0 atom stereocenters. The molecule has 0 aliphatic heterocycles. The van der Waals surface area contributed by atoms with Gasteiger partial charge < -0.3 is 15.5 Å². The number of nitrogens with two attached hydrogens (primary N) is 1. The molecular weight excluding hydrogens is 212 g/mol. The third-order valence-electron chi connectivity index (χ3n) is 2.00. The Hall–Kier alpha value is -2.31. The summed E-state index contributed by atoms with van der Waals surface area (Å²) in [6.07, 6.45) is 0. The Morgan fingerprint density at radius 1 is 1.56 bits per heavy atom. The fourth-order valence-corrected chi connectivity index (χ4v) is 1.36. The smallest absolute Gasteiger partial charge is 0.354 e. The number of aromatic nitrogens is 3. The van der Waals surface area contributed by atoms with E-state index in [0.717, 1.165) is 0 Å². The summed E-state index contributed by atoms with van der Waals surface area (Å²) in [6, 6.07) is 1.43. The van der Waals surface area contributed by atoms with Crippen molar-refractivity contribution in [1.82, 2.24) is 15.0 Å². The number of ether oxygens (including phenoxy) is 1. The zero-order valence-electron chi connectivity index (χ0n) is 8.53. The largest absolute Gasteiger partial charge is 0.461 e. The van der Waals surface area contributed by atoms with Crippen molar-refractivity contribution in [3.8, 4) is 0 Å². The number of rotatable bonds is 2. The molecule has 2 aromatic heterocycles. The van der Waals surface area contributed by atoms with Crippen LogP contribution in [0.1, 0.15) is 17.4 Å². The van der Waals surface area contributed by atoms with Crippen molar-refractivity contribution in [3.63, 3.8) is 0 Å². The van der Waals surface area contributed by atoms with Crippen LogP contribution in [0.25, 0.3) is 11.0 Å². The molecule has 0 aliphatic rings. The highest BCUT2D eigenvalue weighted by Crippen LogP contribution is 2.10. The van der Waals surface area contributed by atoms with Crippen LogP contribution in [0.5, 0.6) is 0 Å². The first-order valence-electron chi connectivity index (χ1n) is 4.67. The van der Waals surface area contributed by atoms with Gasteiger partial charge in [-0.15, -0.1) is 0 Å². The molecule has 0 saturated carbocycles. The van der Waals surface area contributed by atoms with Gasteiger partial charge in [-0.1, -0.05) is 0 Å². The molecule has 0 amide bonds. The van der Waals surface area contributed by atoms with Crippen LogP contribution in [-0.2, 0) is 4.74 Å². The SMILES string of the molecule is CCOC(=O)c1cc2nc(N)[nH]c(=O)c2[nH]1. The monoisotopic (exact) mass is 222 g/mol. The Balaban J connectivity index is 2.56. The molecule has 0 aromatic carbocycles. The van der Waals surface area contributed by atoms with E-state index < -0.39 is 11.5 Å². The van der Waals surface area contributed by atoms with Crippen LogP contribution in [-0.4, -0.2) is 27.5 Å². The average molecular weight is 222 g/mol. The van der Waals surface area contributed by atoms with E-state index in [2.05, 4.69) is 15.0 Å². The summed E-state index contributed by atoms with van der Waals surface area (Å²) in [6.45, 7) is 1.96. The quantitative estimate of drug-likeness (QED) is 0.619. The predicted molar refractivity (Wildman–Crippen MR) is 57.1 cm³/mol. The summed E-state index contributed by atoms with van der Waals surface area (Å²) in [5, 5.41) is 0. The molecule has 7 heteroatoms. The lowest BCUT2D eigenvalue weighted by atomic mass is 10.4. The maximum absolute atomic E-state index is 11.4. The van der Waals surface area contributed by atoms with Crippen LogP contribution in [0, 0.1) is 0 Å². The van der Waals surface area contributed by atoms with Gasteiger partial charge in [-0.3, -0.25) is 9.78 Å². The van der Waals surface area contributed by atoms with E-state index >= 15 is 0 Å². The second kappa shape index (κ2) is 3.69. The molecule has 4 N–H and O–H groups in total. The number of hydrogen-bond acceptors (Lipinski definition) is 5. The Morgan fingerprint density at radius 3 is 3.00 bits per heavy atom.